The topological polar surface area (TPSA) is 52.6 Å². The van der Waals surface area contributed by atoms with E-state index in [-0.39, 0.29) is 0 Å². The Morgan fingerprint density at radius 3 is 2.50 bits per heavy atom. The molecular weight excluding hydrogens is 228 g/mol. The predicted octanol–water partition coefficient (Wildman–Crippen LogP) is 1.56. The minimum atomic E-state index is -0.727. The zero-order valence-corrected chi connectivity index (χ0v) is 11.8. The van der Waals surface area contributed by atoms with Gasteiger partial charge in [0.1, 0.15) is 5.54 Å². The fourth-order valence-electron chi connectivity index (χ4n) is 3.35. The van der Waals surface area contributed by atoms with E-state index in [1.807, 2.05) is 0 Å². The van der Waals surface area contributed by atoms with Crippen LogP contribution < -0.4 is 5.32 Å². The van der Waals surface area contributed by atoms with Gasteiger partial charge in [0, 0.05) is 12.6 Å². The van der Waals surface area contributed by atoms with Gasteiger partial charge in [-0.2, -0.15) is 0 Å². The molecule has 0 radical (unpaired) electrons. The Hall–Kier alpha value is -0.610. The molecule has 18 heavy (non-hydrogen) atoms. The van der Waals surface area contributed by atoms with Crippen LogP contribution in [0, 0.1) is 11.8 Å². The third kappa shape index (κ3) is 2.54. The Morgan fingerprint density at radius 2 is 2.06 bits per heavy atom. The zero-order chi connectivity index (χ0) is 13.3. The molecule has 2 N–H and O–H groups in total. The summed E-state index contributed by atoms with van der Waals surface area (Å²) in [5.41, 5.74) is -0.727. The van der Waals surface area contributed by atoms with Crippen LogP contribution in [-0.2, 0) is 4.79 Å². The quantitative estimate of drug-likeness (QED) is 0.782. The second kappa shape index (κ2) is 5.17. The summed E-state index contributed by atoms with van der Waals surface area (Å²) in [5.74, 6) is 0.399. The lowest BCUT2D eigenvalue weighted by atomic mass is 9.88. The average Bonchev–Trinajstić information content (AvgIpc) is 3.12. The summed E-state index contributed by atoms with van der Waals surface area (Å²) in [4.78, 5) is 14.1. The minimum absolute atomic E-state index is 0.312. The molecule has 0 amide bonds. The lowest BCUT2D eigenvalue weighted by Crippen LogP contribution is -2.61. The van der Waals surface area contributed by atoms with E-state index in [1.165, 1.54) is 12.8 Å². The van der Waals surface area contributed by atoms with Crippen molar-refractivity contribution in [3.63, 3.8) is 0 Å². The van der Waals surface area contributed by atoms with Crippen LogP contribution in [0.25, 0.3) is 0 Å². The monoisotopic (exact) mass is 254 g/mol. The van der Waals surface area contributed by atoms with Crippen molar-refractivity contribution in [1.29, 1.82) is 0 Å². The van der Waals surface area contributed by atoms with Crippen molar-refractivity contribution >= 4 is 5.97 Å². The molecule has 0 aromatic rings. The normalized spacial score (nSPS) is 33.1. The maximum Gasteiger partial charge on any atom is 0.325 e. The Labute approximate surface area is 110 Å². The summed E-state index contributed by atoms with van der Waals surface area (Å²) < 4.78 is 0. The molecule has 1 aliphatic heterocycles. The molecule has 2 aliphatic rings. The number of carboxylic acids is 1. The minimum Gasteiger partial charge on any atom is -0.480 e. The van der Waals surface area contributed by atoms with Gasteiger partial charge in [-0.15, -0.1) is 0 Å². The Morgan fingerprint density at radius 1 is 1.39 bits per heavy atom. The van der Waals surface area contributed by atoms with E-state index in [2.05, 4.69) is 24.1 Å². The third-order valence-electron chi connectivity index (χ3n) is 4.83. The van der Waals surface area contributed by atoms with Crippen molar-refractivity contribution in [2.75, 3.05) is 20.1 Å². The maximum absolute atomic E-state index is 11.7. The molecule has 2 fully saturated rings. The number of nitrogens with zero attached hydrogens (tertiary/aromatic N) is 1. The zero-order valence-electron chi connectivity index (χ0n) is 11.8. The van der Waals surface area contributed by atoms with E-state index >= 15 is 0 Å². The van der Waals surface area contributed by atoms with Gasteiger partial charge in [0.25, 0.3) is 0 Å². The largest absolute Gasteiger partial charge is 0.480 e. The number of likely N-dealkylation sites (tertiary alicyclic amines) is 1. The lowest BCUT2D eigenvalue weighted by molar-refractivity contribution is -0.147. The van der Waals surface area contributed by atoms with E-state index < -0.39 is 11.5 Å². The molecule has 0 bridgehead atoms. The number of hydrogen-bond acceptors (Lipinski definition) is 3. The van der Waals surface area contributed by atoms with E-state index in [4.69, 9.17) is 0 Å². The van der Waals surface area contributed by atoms with Gasteiger partial charge < -0.3 is 10.4 Å². The van der Waals surface area contributed by atoms with Crippen molar-refractivity contribution in [3.05, 3.63) is 0 Å². The second-order valence-corrected chi connectivity index (χ2v) is 6.25. The van der Waals surface area contributed by atoms with E-state index in [9.17, 15) is 9.90 Å². The van der Waals surface area contributed by atoms with Gasteiger partial charge in [-0.3, -0.25) is 9.69 Å². The Kier molecular flexibility index (Phi) is 3.97. The first-order valence-corrected chi connectivity index (χ1v) is 7.16. The molecule has 0 aromatic carbocycles. The molecule has 3 unspecified atom stereocenters. The number of rotatable bonds is 5. The summed E-state index contributed by atoms with van der Waals surface area (Å²) in [6, 6.07) is 0.500. The molecule has 104 valence electrons. The molecule has 0 spiro atoms. The van der Waals surface area contributed by atoms with Crippen molar-refractivity contribution in [2.24, 2.45) is 11.8 Å². The molecule has 0 aromatic heterocycles. The number of carboxylic acid groups (broad SMARTS) is 1. The number of aliphatic carboxylic acids is 1. The first kappa shape index (κ1) is 13.8. The maximum atomic E-state index is 11.7. The van der Waals surface area contributed by atoms with E-state index in [0.29, 0.717) is 18.5 Å². The molecule has 1 heterocycles. The van der Waals surface area contributed by atoms with Crippen LogP contribution in [0.15, 0.2) is 0 Å². The van der Waals surface area contributed by atoms with Crippen LogP contribution in [-0.4, -0.2) is 47.7 Å². The molecule has 1 aliphatic carbocycles. The van der Waals surface area contributed by atoms with Crippen LogP contribution in [0.2, 0.25) is 0 Å². The van der Waals surface area contributed by atoms with Crippen LogP contribution in [0.3, 0.4) is 0 Å². The highest BCUT2D eigenvalue weighted by molar-refractivity contribution is 5.80. The number of likely N-dealkylation sites (N-methyl/N-ethyl adjacent to an activating group) is 1. The Balaban J connectivity index is 2.07. The van der Waals surface area contributed by atoms with E-state index in [0.717, 1.165) is 25.3 Å². The SMILES string of the molecule is CNC(CN1CCC(C)CC1C)(C(=O)O)C1CC1. The van der Waals surface area contributed by atoms with Gasteiger partial charge in [-0.1, -0.05) is 6.92 Å². The van der Waals surface area contributed by atoms with Crippen LogP contribution in [0.1, 0.15) is 39.5 Å². The third-order valence-corrected chi connectivity index (χ3v) is 4.83. The standard InChI is InChI=1S/C14H26N2O2/c1-10-6-7-16(11(2)8-10)9-14(15-3,13(17)18)12-4-5-12/h10-12,15H,4-9H2,1-3H3,(H,17,18). The summed E-state index contributed by atoms with van der Waals surface area (Å²) in [5, 5.41) is 12.7. The molecule has 1 saturated heterocycles. The average molecular weight is 254 g/mol. The van der Waals surface area contributed by atoms with Crippen molar-refractivity contribution in [2.45, 2.75) is 51.1 Å². The van der Waals surface area contributed by atoms with Gasteiger partial charge in [-0.05, 0) is 58.0 Å². The first-order chi connectivity index (χ1) is 8.49. The molecule has 4 nitrogen and oxygen atoms in total. The summed E-state index contributed by atoms with van der Waals surface area (Å²) >= 11 is 0. The summed E-state index contributed by atoms with van der Waals surface area (Å²) in [6.45, 7) is 6.20. The van der Waals surface area contributed by atoms with Crippen LogP contribution in [0.4, 0.5) is 0 Å². The molecule has 3 atom stereocenters. The smallest absolute Gasteiger partial charge is 0.325 e. The number of hydrogen-bond donors (Lipinski definition) is 2. The van der Waals surface area contributed by atoms with Gasteiger partial charge in [0.2, 0.25) is 0 Å². The summed E-state index contributed by atoms with van der Waals surface area (Å²) in [6.07, 6.45) is 4.47. The van der Waals surface area contributed by atoms with Crippen molar-refractivity contribution in [1.82, 2.24) is 10.2 Å². The first-order valence-electron chi connectivity index (χ1n) is 7.16. The van der Waals surface area contributed by atoms with Crippen molar-refractivity contribution in [3.8, 4) is 0 Å². The summed E-state index contributed by atoms with van der Waals surface area (Å²) in [7, 11) is 1.80. The Bertz CT molecular complexity index is 317. The van der Waals surface area contributed by atoms with Gasteiger partial charge in [0.05, 0.1) is 0 Å². The van der Waals surface area contributed by atoms with Crippen molar-refractivity contribution < 1.29 is 9.90 Å². The molecular formula is C14H26N2O2. The fraction of sp³-hybridized carbons (Fsp3) is 0.929. The highest BCUT2D eigenvalue weighted by Gasteiger charge is 2.51. The number of carbonyl (C=O) groups is 1. The van der Waals surface area contributed by atoms with Crippen LogP contribution in [0.5, 0.6) is 0 Å². The highest BCUT2D eigenvalue weighted by Crippen LogP contribution is 2.41. The van der Waals surface area contributed by atoms with Crippen LogP contribution >= 0.6 is 0 Å². The fourth-order valence-corrected chi connectivity index (χ4v) is 3.35. The van der Waals surface area contributed by atoms with Gasteiger partial charge >= 0.3 is 5.97 Å². The number of nitrogens with one attached hydrogen (secondary N) is 1. The highest BCUT2D eigenvalue weighted by atomic mass is 16.4. The molecule has 2 rings (SSSR count). The number of piperidine rings is 1. The van der Waals surface area contributed by atoms with E-state index in [1.54, 1.807) is 7.05 Å². The van der Waals surface area contributed by atoms with Gasteiger partial charge in [0.15, 0.2) is 0 Å². The predicted molar refractivity (Wildman–Crippen MR) is 71.6 cm³/mol. The lowest BCUT2D eigenvalue weighted by Gasteiger charge is -2.42. The second-order valence-electron chi connectivity index (χ2n) is 6.25. The molecule has 1 saturated carbocycles. The van der Waals surface area contributed by atoms with Gasteiger partial charge in [-0.25, -0.2) is 0 Å². The molecule has 4 heteroatoms.